The van der Waals surface area contributed by atoms with Gasteiger partial charge in [0.05, 0.1) is 0 Å². The zero-order valence-corrected chi connectivity index (χ0v) is 7.17. The fourth-order valence-corrected chi connectivity index (χ4v) is 2.46. The van der Waals surface area contributed by atoms with Gasteiger partial charge in [0.1, 0.15) is 0 Å². The summed E-state index contributed by atoms with van der Waals surface area (Å²) in [5, 5.41) is 8.92. The van der Waals surface area contributed by atoms with Crippen LogP contribution in [-0.2, 0) is 0 Å². The van der Waals surface area contributed by atoms with Gasteiger partial charge in [-0.15, -0.1) is 0 Å². The van der Waals surface area contributed by atoms with Crippen molar-refractivity contribution in [3.8, 4) is 0 Å². The van der Waals surface area contributed by atoms with E-state index in [1.54, 1.807) is 0 Å². The maximum Gasteiger partial charge on any atom is 0.0462 e. The maximum absolute atomic E-state index is 8.92. The molecule has 60 valence electrons. The van der Waals surface area contributed by atoms with Gasteiger partial charge in [0.2, 0.25) is 0 Å². The lowest BCUT2D eigenvalue weighted by Crippen LogP contribution is -2.40. The van der Waals surface area contributed by atoms with E-state index in [1.807, 2.05) is 0 Å². The molecular formula is C9H18O. The third kappa shape index (κ3) is 1.20. The normalized spacial score (nSPS) is 39.9. The monoisotopic (exact) mass is 142 g/mol. The van der Waals surface area contributed by atoms with Crippen molar-refractivity contribution in [2.75, 3.05) is 6.61 Å². The third-order valence-electron chi connectivity index (χ3n) is 2.88. The number of aliphatic hydroxyl groups is 1. The largest absolute Gasteiger partial charge is 0.396 e. The van der Waals surface area contributed by atoms with Crippen LogP contribution in [0.1, 0.15) is 27.2 Å². The third-order valence-corrected chi connectivity index (χ3v) is 2.88. The first-order valence-corrected chi connectivity index (χ1v) is 4.27. The molecule has 1 rings (SSSR count). The summed E-state index contributed by atoms with van der Waals surface area (Å²) in [6, 6.07) is 0. The molecule has 1 nitrogen and oxygen atoms in total. The molecule has 3 unspecified atom stereocenters. The molecule has 0 spiro atoms. The highest BCUT2D eigenvalue weighted by atomic mass is 16.3. The van der Waals surface area contributed by atoms with Crippen molar-refractivity contribution in [1.29, 1.82) is 0 Å². The van der Waals surface area contributed by atoms with E-state index in [0.29, 0.717) is 12.5 Å². The van der Waals surface area contributed by atoms with Crippen molar-refractivity contribution in [3.63, 3.8) is 0 Å². The molecule has 0 aromatic carbocycles. The van der Waals surface area contributed by atoms with Crippen LogP contribution in [0.15, 0.2) is 0 Å². The fraction of sp³-hybridized carbons (Fsp3) is 1.00. The summed E-state index contributed by atoms with van der Waals surface area (Å²) in [4.78, 5) is 0. The van der Waals surface area contributed by atoms with E-state index in [1.165, 1.54) is 6.42 Å². The van der Waals surface area contributed by atoms with Crippen LogP contribution in [0.4, 0.5) is 0 Å². The minimum Gasteiger partial charge on any atom is -0.396 e. The molecule has 1 fully saturated rings. The Kier molecular flexibility index (Phi) is 2.35. The van der Waals surface area contributed by atoms with E-state index < -0.39 is 0 Å². The molecule has 1 heteroatoms. The van der Waals surface area contributed by atoms with E-state index in [-0.39, 0.29) is 0 Å². The zero-order chi connectivity index (χ0) is 7.72. The van der Waals surface area contributed by atoms with Gasteiger partial charge in [-0.2, -0.15) is 0 Å². The minimum atomic E-state index is 0.396. The summed E-state index contributed by atoms with van der Waals surface area (Å²) in [7, 11) is 0. The van der Waals surface area contributed by atoms with E-state index in [2.05, 4.69) is 20.8 Å². The fourth-order valence-electron chi connectivity index (χ4n) is 2.46. The molecule has 1 aliphatic rings. The molecule has 10 heavy (non-hydrogen) atoms. The summed E-state index contributed by atoms with van der Waals surface area (Å²) in [5.74, 6) is 2.98. The van der Waals surface area contributed by atoms with Crippen molar-refractivity contribution in [2.24, 2.45) is 23.7 Å². The minimum absolute atomic E-state index is 0.396. The van der Waals surface area contributed by atoms with E-state index in [0.717, 1.165) is 17.8 Å². The first kappa shape index (κ1) is 8.06. The molecule has 0 heterocycles. The Hall–Kier alpha value is -0.0400. The molecule has 1 N–H and O–H groups in total. The molecular weight excluding hydrogens is 124 g/mol. The molecule has 3 atom stereocenters. The molecule has 1 aliphatic carbocycles. The average Bonchev–Trinajstić information content (AvgIpc) is 1.80. The molecule has 0 bridgehead atoms. The van der Waals surface area contributed by atoms with E-state index in [9.17, 15) is 0 Å². The lowest BCUT2D eigenvalue weighted by atomic mass is 9.61. The number of hydrogen-bond donors (Lipinski definition) is 1. The topological polar surface area (TPSA) is 20.2 Å². The zero-order valence-electron chi connectivity index (χ0n) is 7.17. The standard InChI is InChI=1S/C9H18O/c1-6(2)9-7(3)4-8(9)5-10/h6-10H,4-5H2,1-3H3. The highest BCUT2D eigenvalue weighted by molar-refractivity contribution is 4.87. The summed E-state index contributed by atoms with van der Waals surface area (Å²) in [6.45, 7) is 7.19. The van der Waals surface area contributed by atoms with Crippen LogP contribution in [0.2, 0.25) is 0 Å². The van der Waals surface area contributed by atoms with Crippen molar-refractivity contribution in [1.82, 2.24) is 0 Å². The van der Waals surface area contributed by atoms with Crippen molar-refractivity contribution < 1.29 is 5.11 Å². The SMILES string of the molecule is CC(C)C1C(C)CC1CO. The van der Waals surface area contributed by atoms with Crippen molar-refractivity contribution >= 4 is 0 Å². The van der Waals surface area contributed by atoms with Crippen molar-refractivity contribution in [3.05, 3.63) is 0 Å². The second-order valence-corrected chi connectivity index (χ2v) is 3.98. The molecule has 0 aromatic rings. The Morgan fingerprint density at radius 1 is 1.50 bits per heavy atom. The molecule has 0 aromatic heterocycles. The Bertz CT molecular complexity index is 105. The van der Waals surface area contributed by atoms with Crippen LogP contribution < -0.4 is 0 Å². The van der Waals surface area contributed by atoms with Crippen LogP contribution >= 0.6 is 0 Å². The lowest BCUT2D eigenvalue weighted by Gasteiger charge is -2.44. The summed E-state index contributed by atoms with van der Waals surface area (Å²) in [6.07, 6.45) is 1.24. The summed E-state index contributed by atoms with van der Waals surface area (Å²) in [5.41, 5.74) is 0. The predicted octanol–water partition coefficient (Wildman–Crippen LogP) is 1.91. The maximum atomic E-state index is 8.92. The molecule has 0 radical (unpaired) electrons. The lowest BCUT2D eigenvalue weighted by molar-refractivity contribution is 0.00225. The Morgan fingerprint density at radius 2 is 2.10 bits per heavy atom. The van der Waals surface area contributed by atoms with Crippen LogP contribution in [0.5, 0.6) is 0 Å². The van der Waals surface area contributed by atoms with Crippen LogP contribution in [0.25, 0.3) is 0 Å². The molecule has 1 saturated carbocycles. The summed E-state index contributed by atoms with van der Waals surface area (Å²) >= 11 is 0. The van der Waals surface area contributed by atoms with Gasteiger partial charge in [-0.05, 0) is 30.1 Å². The predicted molar refractivity (Wildman–Crippen MR) is 42.7 cm³/mol. The van der Waals surface area contributed by atoms with Gasteiger partial charge in [-0.25, -0.2) is 0 Å². The number of hydrogen-bond acceptors (Lipinski definition) is 1. The Labute approximate surface area is 63.4 Å². The van der Waals surface area contributed by atoms with Gasteiger partial charge in [0.15, 0.2) is 0 Å². The van der Waals surface area contributed by atoms with E-state index >= 15 is 0 Å². The first-order chi connectivity index (χ1) is 4.66. The van der Waals surface area contributed by atoms with Crippen molar-refractivity contribution in [2.45, 2.75) is 27.2 Å². The highest BCUT2D eigenvalue weighted by Gasteiger charge is 2.38. The molecule has 0 amide bonds. The summed E-state index contributed by atoms with van der Waals surface area (Å²) < 4.78 is 0. The Balaban J connectivity index is 2.40. The van der Waals surface area contributed by atoms with Gasteiger partial charge < -0.3 is 5.11 Å². The Morgan fingerprint density at radius 3 is 2.30 bits per heavy atom. The van der Waals surface area contributed by atoms with Gasteiger partial charge in [-0.1, -0.05) is 20.8 Å². The van der Waals surface area contributed by atoms with Crippen LogP contribution in [0.3, 0.4) is 0 Å². The second kappa shape index (κ2) is 2.91. The van der Waals surface area contributed by atoms with Gasteiger partial charge in [-0.3, -0.25) is 0 Å². The molecule has 0 aliphatic heterocycles. The van der Waals surface area contributed by atoms with E-state index in [4.69, 9.17) is 5.11 Å². The molecule has 0 saturated heterocycles. The number of rotatable bonds is 2. The van der Waals surface area contributed by atoms with Gasteiger partial charge >= 0.3 is 0 Å². The highest BCUT2D eigenvalue weighted by Crippen LogP contribution is 2.44. The smallest absolute Gasteiger partial charge is 0.0462 e. The first-order valence-electron chi connectivity index (χ1n) is 4.27. The quantitative estimate of drug-likeness (QED) is 0.624. The number of aliphatic hydroxyl groups excluding tert-OH is 1. The van der Waals surface area contributed by atoms with Gasteiger partial charge in [0.25, 0.3) is 0 Å². The van der Waals surface area contributed by atoms with Crippen LogP contribution in [-0.4, -0.2) is 11.7 Å². The van der Waals surface area contributed by atoms with Gasteiger partial charge in [0, 0.05) is 6.61 Å². The average molecular weight is 142 g/mol. The van der Waals surface area contributed by atoms with Crippen LogP contribution in [0, 0.1) is 23.7 Å². The second-order valence-electron chi connectivity index (χ2n) is 3.98.